The minimum atomic E-state index is -0.772. The number of rotatable bonds is 5. The van der Waals surface area contributed by atoms with Crippen LogP contribution in [0.4, 0.5) is 4.39 Å². The van der Waals surface area contributed by atoms with Crippen LogP contribution in [-0.4, -0.2) is 42.2 Å². The Hall–Kier alpha value is -0.890. The van der Waals surface area contributed by atoms with Gasteiger partial charge in [-0.25, -0.2) is 4.39 Å². The van der Waals surface area contributed by atoms with Gasteiger partial charge in [-0.15, -0.1) is 0 Å². The Morgan fingerprint density at radius 2 is 2.14 bits per heavy atom. The number of piperidine rings is 1. The van der Waals surface area contributed by atoms with Gasteiger partial charge in [0.1, 0.15) is 17.6 Å². The third-order valence-corrected chi connectivity index (χ3v) is 5.20. The summed E-state index contributed by atoms with van der Waals surface area (Å²) in [6.07, 6.45) is 2.15. The molecule has 6 heteroatoms. The van der Waals surface area contributed by atoms with E-state index in [0.717, 1.165) is 16.4 Å². The number of ether oxygens (including phenoxy) is 1. The summed E-state index contributed by atoms with van der Waals surface area (Å²) in [4.78, 5) is 13.2. The fourth-order valence-corrected chi connectivity index (χ4v) is 3.84. The van der Waals surface area contributed by atoms with E-state index in [2.05, 4.69) is 22.6 Å². The number of carboxylic acids is 1. The van der Waals surface area contributed by atoms with E-state index in [0.29, 0.717) is 30.8 Å². The Kier molecular flexibility index (Phi) is 6.02. The monoisotopic (exact) mass is 421 g/mol. The molecule has 22 heavy (non-hydrogen) atoms. The van der Waals surface area contributed by atoms with Crippen molar-refractivity contribution >= 4 is 28.6 Å². The molecular formula is C16H21FINO3. The van der Waals surface area contributed by atoms with Crippen molar-refractivity contribution in [3.05, 3.63) is 27.1 Å². The van der Waals surface area contributed by atoms with Gasteiger partial charge in [0.25, 0.3) is 0 Å². The van der Waals surface area contributed by atoms with Gasteiger partial charge in [-0.1, -0.05) is 6.92 Å². The van der Waals surface area contributed by atoms with Gasteiger partial charge < -0.3 is 9.84 Å². The van der Waals surface area contributed by atoms with E-state index in [-0.39, 0.29) is 11.7 Å². The standard InChI is InChI=1S/C16H21FINO3/c1-3-14(16(20)21)19-6-4-10(5-7-19)11-8-13(18)15(22-2)9-12(11)17/h8-10,14H,3-7H2,1-2H3,(H,20,21). The summed E-state index contributed by atoms with van der Waals surface area (Å²) in [6.45, 7) is 3.27. The van der Waals surface area contributed by atoms with Crippen molar-refractivity contribution in [2.24, 2.45) is 0 Å². The highest BCUT2D eigenvalue weighted by molar-refractivity contribution is 14.1. The van der Waals surface area contributed by atoms with Crippen molar-refractivity contribution in [2.45, 2.75) is 38.1 Å². The van der Waals surface area contributed by atoms with Crippen LogP contribution < -0.4 is 4.74 Å². The highest BCUT2D eigenvalue weighted by Gasteiger charge is 2.30. The van der Waals surface area contributed by atoms with Crippen molar-refractivity contribution in [1.82, 2.24) is 4.90 Å². The van der Waals surface area contributed by atoms with Gasteiger partial charge in [0, 0.05) is 6.07 Å². The minimum absolute atomic E-state index is 0.141. The molecule has 1 N–H and O–H groups in total. The fourth-order valence-electron chi connectivity index (χ4n) is 3.12. The number of aliphatic carboxylic acids is 1. The van der Waals surface area contributed by atoms with Crippen molar-refractivity contribution < 1.29 is 19.0 Å². The smallest absolute Gasteiger partial charge is 0.320 e. The van der Waals surface area contributed by atoms with Crippen LogP contribution in [0.15, 0.2) is 12.1 Å². The maximum absolute atomic E-state index is 14.3. The zero-order valence-corrected chi connectivity index (χ0v) is 15.0. The first-order valence-corrected chi connectivity index (χ1v) is 8.55. The highest BCUT2D eigenvalue weighted by Crippen LogP contribution is 2.34. The van der Waals surface area contributed by atoms with Crippen LogP contribution in [0.25, 0.3) is 0 Å². The van der Waals surface area contributed by atoms with Crippen LogP contribution in [0.5, 0.6) is 5.75 Å². The molecule has 0 amide bonds. The molecule has 1 aromatic carbocycles. The van der Waals surface area contributed by atoms with E-state index < -0.39 is 12.0 Å². The summed E-state index contributed by atoms with van der Waals surface area (Å²) >= 11 is 2.15. The van der Waals surface area contributed by atoms with E-state index >= 15 is 0 Å². The fraction of sp³-hybridized carbons (Fsp3) is 0.562. The van der Waals surface area contributed by atoms with Gasteiger partial charge in [0.2, 0.25) is 0 Å². The number of halogens is 2. The molecule has 0 saturated carbocycles. The van der Waals surface area contributed by atoms with Crippen LogP contribution in [0.3, 0.4) is 0 Å². The van der Waals surface area contributed by atoms with Crippen molar-refractivity contribution in [3.8, 4) is 5.75 Å². The molecule has 1 aromatic rings. The molecule has 122 valence electrons. The molecule has 1 heterocycles. The summed E-state index contributed by atoms with van der Waals surface area (Å²) < 4.78 is 20.3. The molecule has 1 unspecified atom stereocenters. The Bertz CT molecular complexity index is 544. The third kappa shape index (κ3) is 3.71. The number of carboxylic acid groups (broad SMARTS) is 1. The molecule has 1 atom stereocenters. The second-order valence-corrected chi connectivity index (χ2v) is 6.74. The Balaban J connectivity index is 2.09. The molecule has 2 rings (SSSR count). The van der Waals surface area contributed by atoms with E-state index in [1.165, 1.54) is 13.2 Å². The SMILES string of the molecule is CCC(C(=O)O)N1CCC(c2cc(I)c(OC)cc2F)CC1. The first-order valence-electron chi connectivity index (χ1n) is 7.47. The second-order valence-electron chi connectivity index (χ2n) is 5.58. The predicted octanol–water partition coefficient (Wildman–Crippen LogP) is 3.48. The maximum atomic E-state index is 14.3. The quantitative estimate of drug-likeness (QED) is 0.740. The number of hydrogen-bond donors (Lipinski definition) is 1. The Labute approximate surface area is 143 Å². The molecule has 0 aromatic heterocycles. The number of likely N-dealkylation sites (tertiary alicyclic amines) is 1. The Morgan fingerprint density at radius 1 is 1.50 bits per heavy atom. The van der Waals surface area contributed by atoms with Crippen LogP contribution in [0.2, 0.25) is 0 Å². The summed E-state index contributed by atoms with van der Waals surface area (Å²) in [7, 11) is 1.53. The van der Waals surface area contributed by atoms with Crippen LogP contribution in [0.1, 0.15) is 37.7 Å². The number of methoxy groups -OCH3 is 1. The number of benzene rings is 1. The Morgan fingerprint density at radius 3 is 2.64 bits per heavy atom. The average molecular weight is 421 g/mol. The number of hydrogen-bond acceptors (Lipinski definition) is 3. The van der Waals surface area contributed by atoms with Gasteiger partial charge in [0.05, 0.1) is 10.7 Å². The van der Waals surface area contributed by atoms with Crippen molar-refractivity contribution in [3.63, 3.8) is 0 Å². The van der Waals surface area contributed by atoms with E-state index in [9.17, 15) is 14.3 Å². The lowest BCUT2D eigenvalue weighted by Gasteiger charge is -2.35. The van der Waals surface area contributed by atoms with Crippen LogP contribution >= 0.6 is 22.6 Å². The van der Waals surface area contributed by atoms with Crippen LogP contribution in [0, 0.1) is 9.39 Å². The molecule has 0 aliphatic carbocycles. The zero-order valence-electron chi connectivity index (χ0n) is 12.8. The molecule has 1 saturated heterocycles. The first-order chi connectivity index (χ1) is 10.5. The largest absolute Gasteiger partial charge is 0.496 e. The molecular weight excluding hydrogens is 400 g/mol. The van der Waals surface area contributed by atoms with Gasteiger partial charge in [-0.3, -0.25) is 9.69 Å². The van der Waals surface area contributed by atoms with E-state index in [4.69, 9.17) is 4.74 Å². The molecule has 1 aliphatic rings. The van der Waals surface area contributed by atoms with Gasteiger partial charge in [0.15, 0.2) is 0 Å². The number of nitrogens with zero attached hydrogens (tertiary/aromatic N) is 1. The van der Waals surface area contributed by atoms with Gasteiger partial charge >= 0.3 is 5.97 Å². The lowest BCUT2D eigenvalue weighted by Crippen LogP contribution is -2.45. The molecule has 0 spiro atoms. The molecule has 0 radical (unpaired) electrons. The third-order valence-electron chi connectivity index (χ3n) is 4.35. The lowest BCUT2D eigenvalue weighted by molar-refractivity contribution is -0.143. The summed E-state index contributed by atoms with van der Waals surface area (Å²) in [5.74, 6) is -0.315. The first kappa shape index (κ1) is 17.5. The molecule has 0 bridgehead atoms. The summed E-state index contributed by atoms with van der Waals surface area (Å²) in [6, 6.07) is 2.86. The van der Waals surface area contributed by atoms with Gasteiger partial charge in [-0.05, 0) is 72.5 Å². The van der Waals surface area contributed by atoms with Crippen LogP contribution in [-0.2, 0) is 4.79 Å². The molecule has 1 fully saturated rings. The van der Waals surface area contributed by atoms with Gasteiger partial charge in [-0.2, -0.15) is 0 Å². The van der Waals surface area contributed by atoms with Crippen molar-refractivity contribution in [2.75, 3.05) is 20.2 Å². The van der Waals surface area contributed by atoms with E-state index in [1.807, 2.05) is 17.9 Å². The van der Waals surface area contributed by atoms with Crippen molar-refractivity contribution in [1.29, 1.82) is 0 Å². The predicted molar refractivity (Wildman–Crippen MR) is 90.9 cm³/mol. The number of carbonyl (C=O) groups is 1. The molecule has 1 aliphatic heterocycles. The highest BCUT2D eigenvalue weighted by atomic mass is 127. The second kappa shape index (κ2) is 7.59. The molecule has 4 nitrogen and oxygen atoms in total. The lowest BCUT2D eigenvalue weighted by atomic mass is 9.88. The summed E-state index contributed by atoms with van der Waals surface area (Å²) in [5.41, 5.74) is 0.716. The topological polar surface area (TPSA) is 49.8 Å². The normalized spacial score (nSPS) is 18.2. The average Bonchev–Trinajstić information content (AvgIpc) is 2.50. The maximum Gasteiger partial charge on any atom is 0.320 e. The summed E-state index contributed by atoms with van der Waals surface area (Å²) in [5, 5.41) is 9.23. The zero-order chi connectivity index (χ0) is 16.3. The minimum Gasteiger partial charge on any atom is -0.496 e. The van der Waals surface area contributed by atoms with E-state index in [1.54, 1.807) is 0 Å².